The number of aromatic nitrogens is 1. The standard InChI is InChI=1S/C15H21N3O3/c1-21-8-2-5-17-15(20)13-9-14(19)18(11-13)10-12-3-6-16-7-4-12/h3-4,6-7,13H,2,5,8-11H2,1H3,(H,17,20). The van der Waals surface area contributed by atoms with Crippen molar-refractivity contribution in [2.75, 3.05) is 26.8 Å². The summed E-state index contributed by atoms with van der Waals surface area (Å²) in [4.78, 5) is 29.7. The highest BCUT2D eigenvalue weighted by atomic mass is 16.5. The molecule has 1 aliphatic heterocycles. The second-order valence-corrected chi connectivity index (χ2v) is 5.17. The van der Waals surface area contributed by atoms with Gasteiger partial charge < -0.3 is 15.0 Å². The third kappa shape index (κ3) is 4.53. The van der Waals surface area contributed by atoms with Gasteiger partial charge in [0.25, 0.3) is 0 Å². The number of hydrogen-bond donors (Lipinski definition) is 1. The van der Waals surface area contributed by atoms with Gasteiger partial charge in [0.05, 0.1) is 5.92 Å². The number of hydrogen-bond acceptors (Lipinski definition) is 4. The normalized spacial score (nSPS) is 18.0. The molecule has 21 heavy (non-hydrogen) atoms. The molecule has 0 aromatic carbocycles. The van der Waals surface area contributed by atoms with Gasteiger partial charge >= 0.3 is 0 Å². The number of nitrogens with zero attached hydrogens (tertiary/aromatic N) is 2. The van der Waals surface area contributed by atoms with Gasteiger partial charge in [-0.05, 0) is 24.1 Å². The second kappa shape index (κ2) is 7.73. The van der Waals surface area contributed by atoms with Gasteiger partial charge in [-0.15, -0.1) is 0 Å². The predicted molar refractivity (Wildman–Crippen MR) is 77.3 cm³/mol. The van der Waals surface area contributed by atoms with Gasteiger partial charge in [0.2, 0.25) is 11.8 Å². The molecular weight excluding hydrogens is 270 g/mol. The summed E-state index contributed by atoms with van der Waals surface area (Å²) in [5.41, 5.74) is 1.03. The van der Waals surface area contributed by atoms with E-state index in [2.05, 4.69) is 10.3 Å². The van der Waals surface area contributed by atoms with Crippen molar-refractivity contribution in [2.24, 2.45) is 5.92 Å². The number of ether oxygens (including phenoxy) is 1. The smallest absolute Gasteiger partial charge is 0.225 e. The fraction of sp³-hybridized carbons (Fsp3) is 0.533. The molecule has 1 saturated heterocycles. The summed E-state index contributed by atoms with van der Waals surface area (Å²) < 4.78 is 4.93. The van der Waals surface area contributed by atoms with Crippen LogP contribution in [0.3, 0.4) is 0 Å². The molecule has 6 heteroatoms. The molecule has 0 bridgehead atoms. The van der Waals surface area contributed by atoms with Crippen LogP contribution in [-0.2, 0) is 20.9 Å². The molecule has 0 radical (unpaired) electrons. The molecule has 2 heterocycles. The molecule has 1 aromatic heterocycles. The number of carbonyl (C=O) groups excluding carboxylic acids is 2. The van der Waals surface area contributed by atoms with E-state index in [1.807, 2.05) is 12.1 Å². The lowest BCUT2D eigenvalue weighted by Crippen LogP contribution is -2.33. The van der Waals surface area contributed by atoms with Gasteiger partial charge in [-0.2, -0.15) is 0 Å². The van der Waals surface area contributed by atoms with Crippen molar-refractivity contribution in [3.05, 3.63) is 30.1 Å². The molecule has 1 fully saturated rings. The number of likely N-dealkylation sites (tertiary alicyclic amines) is 1. The third-order valence-electron chi connectivity index (χ3n) is 3.53. The van der Waals surface area contributed by atoms with Crippen molar-refractivity contribution in [3.8, 4) is 0 Å². The van der Waals surface area contributed by atoms with E-state index in [1.54, 1.807) is 24.4 Å². The Labute approximate surface area is 124 Å². The first kappa shape index (κ1) is 15.4. The van der Waals surface area contributed by atoms with E-state index in [9.17, 15) is 9.59 Å². The average molecular weight is 291 g/mol. The zero-order valence-electron chi connectivity index (χ0n) is 12.2. The molecule has 2 rings (SSSR count). The first-order chi connectivity index (χ1) is 10.2. The van der Waals surface area contributed by atoms with E-state index in [0.29, 0.717) is 32.7 Å². The van der Waals surface area contributed by atoms with Crippen LogP contribution in [-0.4, -0.2) is 48.5 Å². The van der Waals surface area contributed by atoms with Crippen molar-refractivity contribution in [3.63, 3.8) is 0 Å². The van der Waals surface area contributed by atoms with E-state index < -0.39 is 0 Å². The molecule has 2 amide bonds. The van der Waals surface area contributed by atoms with Crippen LogP contribution in [0.2, 0.25) is 0 Å². The number of carbonyl (C=O) groups is 2. The maximum Gasteiger partial charge on any atom is 0.225 e. The van der Waals surface area contributed by atoms with Crippen LogP contribution in [0.1, 0.15) is 18.4 Å². The summed E-state index contributed by atoms with van der Waals surface area (Å²) in [6.45, 7) is 2.23. The highest BCUT2D eigenvalue weighted by Crippen LogP contribution is 2.20. The van der Waals surface area contributed by atoms with Crippen LogP contribution >= 0.6 is 0 Å². The van der Waals surface area contributed by atoms with Gasteiger partial charge in [0, 0.05) is 52.2 Å². The molecule has 0 spiro atoms. The number of pyridine rings is 1. The zero-order valence-corrected chi connectivity index (χ0v) is 12.2. The maximum atomic E-state index is 12.0. The Kier molecular flexibility index (Phi) is 5.68. The highest BCUT2D eigenvalue weighted by molar-refractivity contribution is 5.89. The van der Waals surface area contributed by atoms with E-state index in [-0.39, 0.29) is 17.7 Å². The van der Waals surface area contributed by atoms with Gasteiger partial charge in [-0.1, -0.05) is 0 Å². The van der Waals surface area contributed by atoms with Gasteiger partial charge in [0.1, 0.15) is 0 Å². The molecule has 1 aromatic rings. The Morgan fingerprint density at radius 2 is 2.24 bits per heavy atom. The Balaban J connectivity index is 1.80. The Morgan fingerprint density at radius 3 is 2.95 bits per heavy atom. The van der Waals surface area contributed by atoms with Crippen molar-refractivity contribution >= 4 is 11.8 Å². The molecule has 1 unspecified atom stereocenters. The number of rotatable bonds is 7. The fourth-order valence-corrected chi connectivity index (χ4v) is 2.38. The van der Waals surface area contributed by atoms with Gasteiger partial charge in [0.15, 0.2) is 0 Å². The second-order valence-electron chi connectivity index (χ2n) is 5.17. The third-order valence-corrected chi connectivity index (χ3v) is 3.53. The van der Waals surface area contributed by atoms with Gasteiger partial charge in [-0.25, -0.2) is 0 Å². The zero-order chi connectivity index (χ0) is 15.1. The molecule has 1 aliphatic rings. The van der Waals surface area contributed by atoms with E-state index in [4.69, 9.17) is 4.74 Å². The predicted octanol–water partition coefficient (Wildman–Crippen LogP) is 0.583. The minimum absolute atomic E-state index is 0.0313. The van der Waals surface area contributed by atoms with Crippen molar-refractivity contribution in [2.45, 2.75) is 19.4 Å². The largest absolute Gasteiger partial charge is 0.385 e. The number of amides is 2. The minimum Gasteiger partial charge on any atom is -0.385 e. The van der Waals surface area contributed by atoms with Crippen molar-refractivity contribution in [1.29, 1.82) is 0 Å². The Hall–Kier alpha value is -1.95. The minimum atomic E-state index is -0.248. The highest BCUT2D eigenvalue weighted by Gasteiger charge is 2.33. The van der Waals surface area contributed by atoms with Crippen molar-refractivity contribution in [1.82, 2.24) is 15.2 Å². The van der Waals surface area contributed by atoms with Crippen LogP contribution in [0, 0.1) is 5.92 Å². The lowest BCUT2D eigenvalue weighted by Gasteiger charge is -2.16. The summed E-state index contributed by atoms with van der Waals surface area (Å²) in [5.74, 6) is -0.262. The van der Waals surface area contributed by atoms with E-state index in [1.165, 1.54) is 0 Å². The van der Waals surface area contributed by atoms with Crippen LogP contribution in [0.15, 0.2) is 24.5 Å². The topological polar surface area (TPSA) is 71.5 Å². The van der Waals surface area contributed by atoms with Gasteiger partial charge in [-0.3, -0.25) is 14.6 Å². The average Bonchev–Trinajstić information content (AvgIpc) is 2.86. The first-order valence-corrected chi connectivity index (χ1v) is 7.14. The maximum absolute atomic E-state index is 12.0. The van der Waals surface area contributed by atoms with Crippen LogP contribution in [0.5, 0.6) is 0 Å². The molecule has 1 atom stereocenters. The van der Waals surface area contributed by atoms with Crippen LogP contribution in [0.4, 0.5) is 0 Å². The number of methoxy groups -OCH3 is 1. The summed E-state index contributed by atoms with van der Waals surface area (Å²) in [5, 5.41) is 2.86. The van der Waals surface area contributed by atoms with Crippen LogP contribution in [0.25, 0.3) is 0 Å². The molecule has 0 saturated carbocycles. The molecule has 0 aliphatic carbocycles. The van der Waals surface area contributed by atoms with E-state index in [0.717, 1.165) is 12.0 Å². The summed E-state index contributed by atoms with van der Waals surface area (Å²) in [7, 11) is 1.63. The Bertz CT molecular complexity index is 478. The Morgan fingerprint density at radius 1 is 1.48 bits per heavy atom. The molecule has 1 N–H and O–H groups in total. The first-order valence-electron chi connectivity index (χ1n) is 7.14. The lowest BCUT2D eigenvalue weighted by atomic mass is 10.1. The summed E-state index contributed by atoms with van der Waals surface area (Å²) >= 11 is 0. The fourth-order valence-electron chi connectivity index (χ4n) is 2.38. The SMILES string of the molecule is COCCCNC(=O)C1CC(=O)N(Cc2ccncc2)C1. The van der Waals surface area contributed by atoms with Crippen LogP contribution < -0.4 is 5.32 Å². The molecule has 6 nitrogen and oxygen atoms in total. The van der Waals surface area contributed by atoms with Crippen molar-refractivity contribution < 1.29 is 14.3 Å². The molecule has 114 valence electrons. The molecular formula is C15H21N3O3. The number of nitrogens with one attached hydrogen (secondary N) is 1. The van der Waals surface area contributed by atoms with E-state index >= 15 is 0 Å². The monoisotopic (exact) mass is 291 g/mol. The lowest BCUT2D eigenvalue weighted by molar-refractivity contribution is -0.129. The summed E-state index contributed by atoms with van der Waals surface area (Å²) in [6.07, 6.45) is 4.48. The summed E-state index contributed by atoms with van der Waals surface area (Å²) in [6, 6.07) is 3.76. The quantitative estimate of drug-likeness (QED) is 0.746.